The fourth-order valence-electron chi connectivity index (χ4n) is 3.28. The van der Waals surface area contributed by atoms with Crippen LogP contribution in [0.3, 0.4) is 0 Å². The van der Waals surface area contributed by atoms with Crippen LogP contribution in [0.15, 0.2) is 0 Å². The summed E-state index contributed by atoms with van der Waals surface area (Å²) in [7, 11) is 2.22. The molecule has 3 heterocycles. The van der Waals surface area contributed by atoms with Crippen molar-refractivity contribution in [1.29, 1.82) is 0 Å². The Kier molecular flexibility index (Phi) is 4.80. The Morgan fingerprint density at radius 1 is 1.28 bits per heavy atom. The maximum atomic E-state index is 12.4. The van der Waals surface area contributed by atoms with Crippen LogP contribution < -0.4 is 5.32 Å². The number of fused-ring (bicyclic) bond motifs is 2. The van der Waals surface area contributed by atoms with Crippen molar-refractivity contribution in [3.63, 3.8) is 0 Å². The van der Waals surface area contributed by atoms with Crippen LogP contribution in [0.2, 0.25) is 0 Å². The van der Waals surface area contributed by atoms with E-state index in [-0.39, 0.29) is 18.4 Å². The highest BCUT2D eigenvalue weighted by atomic mass is 35.5. The number of nitrogens with zero attached hydrogens (tertiary/aromatic N) is 2. The molecule has 3 fully saturated rings. The minimum Gasteiger partial charge on any atom is -0.340 e. The number of thioether (sulfide) groups is 1. The quantitative estimate of drug-likeness (QED) is 0.774. The number of nitrogens with one attached hydrogen (secondary N) is 1. The molecular weight excluding hydrogens is 270 g/mol. The molecule has 0 aliphatic carbocycles. The number of hydrogen-bond acceptors (Lipinski definition) is 4. The van der Waals surface area contributed by atoms with Gasteiger partial charge in [-0.2, -0.15) is 0 Å². The number of likely N-dealkylation sites (N-methyl/N-ethyl adjacent to an activating group) is 1. The maximum Gasteiger partial charge on any atom is 0.240 e. The third-order valence-electron chi connectivity index (χ3n) is 4.47. The molecule has 0 aromatic heterocycles. The van der Waals surface area contributed by atoms with E-state index in [0.29, 0.717) is 18.0 Å². The smallest absolute Gasteiger partial charge is 0.240 e. The Hall–Kier alpha value is 0.0300. The van der Waals surface area contributed by atoms with Crippen molar-refractivity contribution in [2.24, 2.45) is 0 Å². The molecule has 0 saturated carbocycles. The van der Waals surface area contributed by atoms with Gasteiger partial charge in [0.2, 0.25) is 5.91 Å². The van der Waals surface area contributed by atoms with Crippen LogP contribution in [0, 0.1) is 0 Å². The molecule has 0 aromatic carbocycles. The topological polar surface area (TPSA) is 35.6 Å². The van der Waals surface area contributed by atoms with E-state index >= 15 is 0 Å². The van der Waals surface area contributed by atoms with E-state index < -0.39 is 0 Å². The van der Waals surface area contributed by atoms with Crippen LogP contribution in [-0.4, -0.2) is 65.6 Å². The standard InChI is InChI=1S/C12H21N3OS.ClH/c1-14-9-2-3-10(14)6-15(5-4-9)12(16)11-7-17-8-13-11;/h9-11,13H,2-8H2,1H3;1H. The van der Waals surface area contributed by atoms with E-state index in [2.05, 4.69) is 22.2 Å². The summed E-state index contributed by atoms with van der Waals surface area (Å²) in [4.78, 5) is 17.0. The van der Waals surface area contributed by atoms with Crippen LogP contribution in [0.25, 0.3) is 0 Å². The zero-order valence-electron chi connectivity index (χ0n) is 10.8. The molecule has 18 heavy (non-hydrogen) atoms. The summed E-state index contributed by atoms with van der Waals surface area (Å²) in [6.07, 6.45) is 3.73. The molecule has 1 amide bonds. The van der Waals surface area contributed by atoms with Crippen molar-refractivity contribution in [1.82, 2.24) is 15.1 Å². The lowest BCUT2D eigenvalue weighted by Gasteiger charge is -2.27. The van der Waals surface area contributed by atoms with E-state index in [1.165, 1.54) is 12.8 Å². The molecule has 3 rings (SSSR count). The average Bonchev–Trinajstić information content (AvgIpc) is 2.88. The van der Waals surface area contributed by atoms with Crippen molar-refractivity contribution in [3.05, 3.63) is 0 Å². The van der Waals surface area contributed by atoms with Crippen molar-refractivity contribution in [3.8, 4) is 0 Å². The van der Waals surface area contributed by atoms with E-state index in [1.54, 1.807) is 0 Å². The predicted octanol–water partition coefficient (Wildman–Crippen LogP) is 0.766. The van der Waals surface area contributed by atoms with Gasteiger partial charge in [-0.3, -0.25) is 15.0 Å². The number of carbonyl (C=O) groups is 1. The predicted molar refractivity (Wildman–Crippen MR) is 77.3 cm³/mol. The second kappa shape index (κ2) is 5.99. The molecule has 0 radical (unpaired) electrons. The molecule has 3 unspecified atom stereocenters. The Morgan fingerprint density at radius 3 is 2.78 bits per heavy atom. The molecule has 2 bridgehead atoms. The molecule has 0 aromatic rings. The molecule has 1 N–H and O–H groups in total. The Labute approximate surface area is 119 Å². The first-order chi connectivity index (χ1) is 8.25. The van der Waals surface area contributed by atoms with E-state index in [0.717, 1.165) is 31.1 Å². The summed E-state index contributed by atoms with van der Waals surface area (Å²) >= 11 is 1.83. The number of hydrogen-bond donors (Lipinski definition) is 1. The van der Waals surface area contributed by atoms with Gasteiger partial charge in [-0.05, 0) is 26.3 Å². The van der Waals surface area contributed by atoms with Gasteiger partial charge in [0.25, 0.3) is 0 Å². The van der Waals surface area contributed by atoms with Gasteiger partial charge < -0.3 is 4.90 Å². The molecule has 6 heteroatoms. The third-order valence-corrected chi connectivity index (χ3v) is 5.41. The highest BCUT2D eigenvalue weighted by molar-refractivity contribution is 7.99. The van der Waals surface area contributed by atoms with Crippen LogP contribution in [-0.2, 0) is 4.79 Å². The van der Waals surface area contributed by atoms with Gasteiger partial charge in [-0.15, -0.1) is 24.2 Å². The SMILES string of the molecule is CN1C2CCC1CN(C(=O)C1CSCN1)CC2.Cl. The summed E-state index contributed by atoms with van der Waals surface area (Å²) in [5, 5.41) is 3.29. The number of halogens is 1. The van der Waals surface area contributed by atoms with Gasteiger partial charge in [0.15, 0.2) is 0 Å². The van der Waals surface area contributed by atoms with Gasteiger partial charge in [-0.25, -0.2) is 0 Å². The molecule has 3 aliphatic rings. The second-order valence-electron chi connectivity index (χ2n) is 5.40. The first-order valence-corrected chi connectivity index (χ1v) is 7.73. The van der Waals surface area contributed by atoms with Gasteiger partial charge in [0.05, 0.1) is 6.04 Å². The lowest BCUT2D eigenvalue weighted by atomic mass is 10.1. The summed E-state index contributed by atoms with van der Waals surface area (Å²) in [5.74, 6) is 2.20. The van der Waals surface area contributed by atoms with E-state index in [4.69, 9.17) is 0 Å². The molecule has 104 valence electrons. The third kappa shape index (κ3) is 2.64. The molecule has 3 aliphatic heterocycles. The van der Waals surface area contributed by atoms with Gasteiger partial charge in [0.1, 0.15) is 0 Å². The Bertz CT molecular complexity index is 312. The zero-order valence-corrected chi connectivity index (χ0v) is 12.4. The number of carbonyl (C=O) groups excluding carboxylic acids is 1. The van der Waals surface area contributed by atoms with Crippen molar-refractivity contribution < 1.29 is 4.79 Å². The highest BCUT2D eigenvalue weighted by Crippen LogP contribution is 2.29. The van der Waals surface area contributed by atoms with Gasteiger partial charge >= 0.3 is 0 Å². The number of likely N-dealkylation sites (tertiary alicyclic amines) is 1. The molecular formula is C12H22ClN3OS. The van der Waals surface area contributed by atoms with Crippen molar-refractivity contribution in [2.45, 2.75) is 37.4 Å². The van der Waals surface area contributed by atoms with Gasteiger partial charge in [0, 0.05) is 36.8 Å². The highest BCUT2D eigenvalue weighted by Gasteiger charge is 2.37. The van der Waals surface area contributed by atoms with Gasteiger partial charge in [-0.1, -0.05) is 0 Å². The summed E-state index contributed by atoms with van der Waals surface area (Å²) < 4.78 is 0. The number of rotatable bonds is 1. The van der Waals surface area contributed by atoms with E-state index in [1.807, 2.05) is 11.8 Å². The average molecular weight is 292 g/mol. The first kappa shape index (κ1) is 14.4. The lowest BCUT2D eigenvalue weighted by Crippen LogP contribution is -2.48. The first-order valence-electron chi connectivity index (χ1n) is 6.57. The summed E-state index contributed by atoms with van der Waals surface area (Å²) in [6, 6.07) is 1.38. The monoisotopic (exact) mass is 291 g/mol. The number of amides is 1. The van der Waals surface area contributed by atoms with Crippen molar-refractivity contribution >= 4 is 30.1 Å². The fraction of sp³-hybridized carbons (Fsp3) is 0.917. The maximum absolute atomic E-state index is 12.4. The summed E-state index contributed by atoms with van der Waals surface area (Å²) in [6.45, 7) is 1.89. The normalized spacial score (nSPS) is 36.3. The van der Waals surface area contributed by atoms with Crippen LogP contribution in [0.5, 0.6) is 0 Å². The zero-order chi connectivity index (χ0) is 11.8. The molecule has 4 nitrogen and oxygen atoms in total. The molecule has 0 spiro atoms. The largest absolute Gasteiger partial charge is 0.340 e. The molecule has 3 atom stereocenters. The molecule has 3 saturated heterocycles. The van der Waals surface area contributed by atoms with Crippen LogP contribution >= 0.6 is 24.2 Å². The second-order valence-corrected chi connectivity index (χ2v) is 6.43. The fourth-order valence-corrected chi connectivity index (χ4v) is 4.22. The minimum atomic E-state index is 0. The van der Waals surface area contributed by atoms with E-state index in [9.17, 15) is 4.79 Å². The Balaban J connectivity index is 0.00000120. The van der Waals surface area contributed by atoms with Crippen LogP contribution in [0.4, 0.5) is 0 Å². The Morgan fingerprint density at radius 2 is 2.06 bits per heavy atom. The van der Waals surface area contributed by atoms with Crippen molar-refractivity contribution in [2.75, 3.05) is 31.8 Å². The minimum absolute atomic E-state index is 0. The summed E-state index contributed by atoms with van der Waals surface area (Å²) in [5.41, 5.74) is 0. The van der Waals surface area contributed by atoms with Crippen LogP contribution in [0.1, 0.15) is 19.3 Å². The lowest BCUT2D eigenvalue weighted by molar-refractivity contribution is -0.133.